The lowest BCUT2D eigenvalue weighted by molar-refractivity contribution is -0.117. The van der Waals surface area contributed by atoms with Crippen molar-refractivity contribution in [1.82, 2.24) is 4.90 Å². The summed E-state index contributed by atoms with van der Waals surface area (Å²) in [5.41, 5.74) is 3.30. The molecule has 1 atom stereocenters. The van der Waals surface area contributed by atoms with Gasteiger partial charge in [-0.3, -0.25) is 9.69 Å². The van der Waals surface area contributed by atoms with Gasteiger partial charge in [0.1, 0.15) is 12.0 Å². The Bertz CT molecular complexity index is 1120. The third-order valence-corrected chi connectivity index (χ3v) is 6.45. The lowest BCUT2D eigenvalue weighted by atomic mass is 10.1. The van der Waals surface area contributed by atoms with Gasteiger partial charge in [0.15, 0.2) is 5.17 Å². The molecule has 0 bridgehead atoms. The van der Waals surface area contributed by atoms with Crippen LogP contribution in [0.15, 0.2) is 77.8 Å². The predicted octanol–water partition coefficient (Wildman–Crippen LogP) is 6.19. The molecule has 1 saturated heterocycles. The van der Waals surface area contributed by atoms with Crippen LogP contribution in [0.5, 0.6) is 0 Å². The van der Waals surface area contributed by atoms with Crippen LogP contribution in [0.25, 0.3) is 11.1 Å². The lowest BCUT2D eigenvalue weighted by Crippen LogP contribution is -2.48. The van der Waals surface area contributed by atoms with Crippen molar-refractivity contribution in [2.24, 2.45) is 4.99 Å². The molecule has 4 nitrogen and oxygen atoms in total. The monoisotopic (exact) mass is 453 g/mol. The molecule has 31 heavy (non-hydrogen) atoms. The van der Waals surface area contributed by atoms with Gasteiger partial charge in [-0.1, -0.05) is 65.8 Å². The predicted molar refractivity (Wildman–Crippen MR) is 128 cm³/mol. The van der Waals surface area contributed by atoms with Crippen LogP contribution >= 0.6 is 23.4 Å². The van der Waals surface area contributed by atoms with E-state index in [4.69, 9.17) is 16.6 Å². The summed E-state index contributed by atoms with van der Waals surface area (Å²) in [5.74, 6) is -0.186. The summed E-state index contributed by atoms with van der Waals surface area (Å²) in [6.07, 6.45) is -0.347. The Hall–Kier alpha value is -2.83. The maximum Gasteiger partial charge on any atom is 0.225 e. The van der Waals surface area contributed by atoms with Crippen LogP contribution < -0.4 is 4.90 Å². The topological polar surface area (TPSA) is 35.9 Å². The molecular formula is C24H21ClFN3OS. The van der Waals surface area contributed by atoms with Crippen LogP contribution in [-0.2, 0) is 4.79 Å². The number of halogens is 2. The highest BCUT2D eigenvalue weighted by molar-refractivity contribution is 8.14. The molecule has 0 aromatic heterocycles. The molecular weight excluding hydrogens is 433 g/mol. The van der Waals surface area contributed by atoms with Gasteiger partial charge in [-0.25, -0.2) is 9.38 Å². The number of hydrogen-bond donors (Lipinski definition) is 0. The summed E-state index contributed by atoms with van der Waals surface area (Å²) in [6.45, 7) is 1.43. The number of hydrogen-bond acceptors (Lipinski definition) is 3. The Morgan fingerprint density at radius 3 is 2.42 bits per heavy atom. The van der Waals surface area contributed by atoms with Crippen LogP contribution in [0.4, 0.5) is 15.8 Å². The molecule has 0 aliphatic carbocycles. The highest BCUT2D eigenvalue weighted by Crippen LogP contribution is 2.33. The van der Waals surface area contributed by atoms with E-state index in [0.29, 0.717) is 10.8 Å². The third-order valence-electron chi connectivity index (χ3n) is 5.12. The smallest absolute Gasteiger partial charge is 0.225 e. The first-order valence-corrected chi connectivity index (χ1v) is 11.1. The molecule has 4 rings (SSSR count). The van der Waals surface area contributed by atoms with Crippen molar-refractivity contribution >= 4 is 45.8 Å². The van der Waals surface area contributed by atoms with E-state index in [1.807, 2.05) is 54.4 Å². The normalized spacial score (nSPS) is 17.2. The van der Waals surface area contributed by atoms with Crippen LogP contribution in [0, 0.1) is 5.82 Å². The molecule has 3 aromatic rings. The lowest BCUT2D eigenvalue weighted by Gasteiger charge is -2.33. The van der Waals surface area contributed by atoms with Crippen molar-refractivity contribution in [2.45, 2.75) is 13.1 Å². The molecule has 3 aromatic carbocycles. The van der Waals surface area contributed by atoms with Crippen molar-refractivity contribution in [2.75, 3.05) is 17.7 Å². The summed E-state index contributed by atoms with van der Waals surface area (Å²) in [5, 5.41) is 1.07. The standard InChI is InChI=1S/C24H21ClFN3OS/c1-16(30)29(22-13-10-19(25)14-21(22)26)23-15-31-24(28(23)2)27-20-11-8-18(9-12-20)17-6-4-3-5-7-17/h3-14,23H,15H2,1-2H3. The zero-order valence-electron chi connectivity index (χ0n) is 17.1. The highest BCUT2D eigenvalue weighted by Gasteiger charge is 2.35. The number of carbonyl (C=O) groups is 1. The molecule has 1 heterocycles. The number of rotatable bonds is 4. The van der Waals surface area contributed by atoms with Crippen LogP contribution in [0.1, 0.15) is 6.92 Å². The Morgan fingerprint density at radius 1 is 1.10 bits per heavy atom. The minimum atomic E-state index is -0.525. The van der Waals surface area contributed by atoms with Gasteiger partial charge in [0.2, 0.25) is 5.91 Å². The Kier molecular flexibility index (Phi) is 6.30. The Balaban J connectivity index is 1.57. The van der Waals surface area contributed by atoms with Crippen LogP contribution in [-0.4, -0.2) is 34.9 Å². The molecule has 0 spiro atoms. The van der Waals surface area contributed by atoms with E-state index in [-0.39, 0.29) is 17.8 Å². The van der Waals surface area contributed by atoms with Crippen molar-refractivity contribution in [3.05, 3.63) is 83.6 Å². The number of amides is 1. The first-order valence-electron chi connectivity index (χ1n) is 9.78. The summed E-state index contributed by atoms with van der Waals surface area (Å²) < 4.78 is 14.5. The SMILES string of the molecule is CC(=O)N(c1ccc(Cl)cc1F)C1CSC(=Nc2ccc(-c3ccccc3)cc2)N1C. The van der Waals surface area contributed by atoms with Gasteiger partial charge in [-0.2, -0.15) is 0 Å². The maximum atomic E-state index is 14.5. The van der Waals surface area contributed by atoms with E-state index in [0.717, 1.165) is 22.0 Å². The number of anilines is 1. The van der Waals surface area contributed by atoms with E-state index in [9.17, 15) is 9.18 Å². The fourth-order valence-electron chi connectivity index (χ4n) is 3.54. The fourth-order valence-corrected chi connectivity index (χ4v) is 4.86. The van der Waals surface area contributed by atoms with Gasteiger partial charge in [0.05, 0.1) is 11.4 Å². The highest BCUT2D eigenvalue weighted by atomic mass is 35.5. The second kappa shape index (κ2) is 9.12. The van der Waals surface area contributed by atoms with Gasteiger partial charge in [0.25, 0.3) is 0 Å². The van der Waals surface area contributed by atoms with Gasteiger partial charge < -0.3 is 4.90 Å². The second-order valence-electron chi connectivity index (χ2n) is 7.19. The fraction of sp³-hybridized carbons (Fsp3) is 0.167. The van der Waals surface area contributed by atoms with Crippen molar-refractivity contribution in [3.63, 3.8) is 0 Å². The Morgan fingerprint density at radius 2 is 1.77 bits per heavy atom. The van der Waals surface area contributed by atoms with E-state index in [1.165, 1.54) is 35.7 Å². The average molecular weight is 454 g/mol. The van der Waals surface area contributed by atoms with Crippen LogP contribution in [0.2, 0.25) is 5.02 Å². The molecule has 0 radical (unpaired) electrons. The summed E-state index contributed by atoms with van der Waals surface area (Å²) in [7, 11) is 1.87. The number of benzene rings is 3. The first-order chi connectivity index (χ1) is 14.9. The van der Waals surface area contributed by atoms with E-state index in [2.05, 4.69) is 12.1 Å². The van der Waals surface area contributed by atoms with Gasteiger partial charge in [-0.15, -0.1) is 0 Å². The van der Waals surface area contributed by atoms with Crippen LogP contribution in [0.3, 0.4) is 0 Å². The van der Waals surface area contributed by atoms with Gasteiger partial charge in [-0.05, 0) is 41.5 Å². The maximum absolute atomic E-state index is 14.5. The molecule has 1 fully saturated rings. The number of thioether (sulfide) groups is 1. The number of carbonyl (C=O) groups excluding carboxylic acids is 1. The van der Waals surface area contributed by atoms with Crippen molar-refractivity contribution in [3.8, 4) is 11.1 Å². The molecule has 0 saturated carbocycles. The minimum absolute atomic E-state index is 0.211. The molecule has 1 unspecified atom stereocenters. The van der Waals surface area contributed by atoms with Crippen molar-refractivity contribution < 1.29 is 9.18 Å². The first kappa shape index (κ1) is 21.4. The summed E-state index contributed by atoms with van der Waals surface area (Å²) >= 11 is 7.41. The number of amidine groups is 1. The average Bonchev–Trinajstić information content (AvgIpc) is 3.11. The summed E-state index contributed by atoms with van der Waals surface area (Å²) in [4.78, 5) is 20.5. The van der Waals surface area contributed by atoms with E-state index in [1.54, 1.807) is 6.07 Å². The number of aliphatic imine (C=N–C) groups is 1. The molecule has 1 aliphatic rings. The van der Waals surface area contributed by atoms with Crippen molar-refractivity contribution in [1.29, 1.82) is 0 Å². The van der Waals surface area contributed by atoms with E-state index < -0.39 is 5.82 Å². The zero-order chi connectivity index (χ0) is 22.0. The second-order valence-corrected chi connectivity index (χ2v) is 8.62. The molecule has 1 aliphatic heterocycles. The zero-order valence-corrected chi connectivity index (χ0v) is 18.7. The molecule has 1 amide bonds. The number of nitrogens with zero attached hydrogens (tertiary/aromatic N) is 3. The van der Waals surface area contributed by atoms with Gasteiger partial charge in [0, 0.05) is 24.7 Å². The largest absolute Gasteiger partial charge is 0.333 e. The van der Waals surface area contributed by atoms with Gasteiger partial charge >= 0.3 is 0 Å². The summed E-state index contributed by atoms with van der Waals surface area (Å²) in [6, 6.07) is 22.5. The van der Waals surface area contributed by atoms with E-state index >= 15 is 0 Å². The molecule has 158 valence electrons. The quantitative estimate of drug-likeness (QED) is 0.472. The third kappa shape index (κ3) is 4.60. The molecule has 0 N–H and O–H groups in total. The minimum Gasteiger partial charge on any atom is -0.333 e. The Labute approximate surface area is 190 Å². The molecule has 7 heteroatoms.